The fraction of sp³-hybridized carbons (Fsp3) is 0.350. The number of esters is 1. The number of nitrogens with zero attached hydrogens (tertiary/aromatic N) is 1. The molecule has 1 aliphatic rings. The van der Waals surface area contributed by atoms with Crippen LogP contribution >= 0.6 is 0 Å². The minimum atomic E-state index is -0.299. The van der Waals surface area contributed by atoms with E-state index in [2.05, 4.69) is 34.5 Å². The van der Waals surface area contributed by atoms with Crippen molar-refractivity contribution in [2.45, 2.75) is 13.5 Å². The second-order valence-corrected chi connectivity index (χ2v) is 6.01. The number of hydrogen-bond acceptors (Lipinski definition) is 5. The highest BCUT2D eigenvalue weighted by Gasteiger charge is 2.10. The number of carbonyl (C=O) groups excluding carboxylic acids is 1. The average molecular weight is 340 g/mol. The van der Waals surface area contributed by atoms with E-state index in [1.807, 2.05) is 12.1 Å². The van der Waals surface area contributed by atoms with E-state index in [0.29, 0.717) is 12.2 Å². The quantitative estimate of drug-likeness (QED) is 0.817. The lowest BCUT2D eigenvalue weighted by atomic mass is 10.1. The smallest absolute Gasteiger partial charge is 0.338 e. The first kappa shape index (κ1) is 17.5. The Balaban J connectivity index is 1.61. The maximum absolute atomic E-state index is 11.8. The molecule has 0 unspecified atom stereocenters. The molecule has 1 N–H and O–H groups in total. The van der Waals surface area contributed by atoms with Crippen LogP contribution in [0.2, 0.25) is 0 Å². The first-order valence-electron chi connectivity index (χ1n) is 8.68. The first-order chi connectivity index (χ1) is 12.2. The van der Waals surface area contributed by atoms with Gasteiger partial charge in [-0.2, -0.15) is 0 Å². The van der Waals surface area contributed by atoms with Crippen molar-refractivity contribution >= 4 is 17.3 Å². The van der Waals surface area contributed by atoms with Gasteiger partial charge in [0.05, 0.1) is 25.4 Å². The molecule has 0 amide bonds. The molecule has 3 rings (SSSR count). The maximum Gasteiger partial charge on any atom is 0.338 e. The van der Waals surface area contributed by atoms with E-state index in [0.717, 1.165) is 44.2 Å². The standard InChI is InChI=1S/C20H24N2O3/c1-2-25-20(23)17-4-3-5-19(14-17)21-18-8-6-16(7-9-18)15-22-10-12-24-13-11-22/h3-9,14,21H,2,10-13,15H2,1H3. The lowest BCUT2D eigenvalue weighted by Gasteiger charge is -2.26. The van der Waals surface area contributed by atoms with Crippen LogP contribution in [0.25, 0.3) is 0 Å². The molecular weight excluding hydrogens is 316 g/mol. The zero-order valence-corrected chi connectivity index (χ0v) is 14.5. The van der Waals surface area contributed by atoms with Gasteiger partial charge in [-0.25, -0.2) is 4.79 Å². The summed E-state index contributed by atoms with van der Waals surface area (Å²) in [7, 11) is 0. The molecule has 0 aliphatic carbocycles. The average Bonchev–Trinajstić information content (AvgIpc) is 2.65. The SMILES string of the molecule is CCOC(=O)c1cccc(Nc2ccc(CN3CCOCC3)cc2)c1. The molecule has 5 heteroatoms. The van der Waals surface area contributed by atoms with Gasteiger partial charge in [0.15, 0.2) is 0 Å². The van der Waals surface area contributed by atoms with Crippen LogP contribution in [0, 0.1) is 0 Å². The van der Waals surface area contributed by atoms with Crippen molar-refractivity contribution in [3.8, 4) is 0 Å². The molecule has 1 saturated heterocycles. The highest BCUT2D eigenvalue weighted by Crippen LogP contribution is 2.19. The van der Waals surface area contributed by atoms with Crippen LogP contribution in [-0.4, -0.2) is 43.8 Å². The van der Waals surface area contributed by atoms with Gasteiger partial charge in [-0.1, -0.05) is 18.2 Å². The Morgan fingerprint density at radius 2 is 1.88 bits per heavy atom. The fourth-order valence-corrected chi connectivity index (χ4v) is 2.82. The van der Waals surface area contributed by atoms with Gasteiger partial charge in [0.25, 0.3) is 0 Å². The van der Waals surface area contributed by atoms with Crippen molar-refractivity contribution in [3.63, 3.8) is 0 Å². The molecule has 0 aromatic heterocycles. The van der Waals surface area contributed by atoms with Crippen LogP contribution in [-0.2, 0) is 16.0 Å². The lowest BCUT2D eigenvalue weighted by molar-refractivity contribution is 0.0342. The predicted molar refractivity (Wildman–Crippen MR) is 98.2 cm³/mol. The third-order valence-electron chi connectivity index (χ3n) is 4.13. The summed E-state index contributed by atoms with van der Waals surface area (Å²) in [4.78, 5) is 14.2. The summed E-state index contributed by atoms with van der Waals surface area (Å²) in [6, 6.07) is 15.7. The normalized spacial score (nSPS) is 14.9. The second kappa shape index (κ2) is 8.65. The van der Waals surface area contributed by atoms with Crippen LogP contribution in [0.3, 0.4) is 0 Å². The molecule has 2 aromatic carbocycles. The molecular formula is C20H24N2O3. The van der Waals surface area contributed by atoms with Gasteiger partial charge in [-0.05, 0) is 42.8 Å². The molecule has 0 atom stereocenters. The molecule has 0 bridgehead atoms. The van der Waals surface area contributed by atoms with E-state index in [1.54, 1.807) is 19.1 Å². The molecule has 0 saturated carbocycles. The Bertz CT molecular complexity index is 694. The van der Waals surface area contributed by atoms with Crippen LogP contribution < -0.4 is 5.32 Å². The van der Waals surface area contributed by atoms with E-state index in [1.165, 1.54) is 5.56 Å². The van der Waals surface area contributed by atoms with Crippen molar-refractivity contribution < 1.29 is 14.3 Å². The van der Waals surface area contributed by atoms with Crippen LogP contribution in [0.4, 0.5) is 11.4 Å². The minimum Gasteiger partial charge on any atom is -0.462 e. The number of ether oxygens (including phenoxy) is 2. The Labute approximate surface area is 148 Å². The van der Waals surface area contributed by atoms with Gasteiger partial charge < -0.3 is 14.8 Å². The summed E-state index contributed by atoms with van der Waals surface area (Å²) in [5.74, 6) is -0.299. The molecule has 25 heavy (non-hydrogen) atoms. The van der Waals surface area contributed by atoms with Crippen molar-refractivity contribution in [1.29, 1.82) is 0 Å². The predicted octanol–water partition coefficient (Wildman–Crippen LogP) is 3.44. The van der Waals surface area contributed by atoms with E-state index in [9.17, 15) is 4.79 Å². The number of anilines is 2. The van der Waals surface area contributed by atoms with E-state index in [4.69, 9.17) is 9.47 Å². The number of nitrogens with one attached hydrogen (secondary N) is 1. The maximum atomic E-state index is 11.8. The molecule has 1 aliphatic heterocycles. The third kappa shape index (κ3) is 5.05. The van der Waals surface area contributed by atoms with Crippen molar-refractivity contribution in [1.82, 2.24) is 4.90 Å². The number of carbonyl (C=O) groups is 1. The van der Waals surface area contributed by atoms with E-state index < -0.39 is 0 Å². The molecule has 1 heterocycles. The summed E-state index contributed by atoms with van der Waals surface area (Å²) < 4.78 is 10.4. The number of hydrogen-bond donors (Lipinski definition) is 1. The van der Waals surface area contributed by atoms with Gasteiger partial charge in [0.2, 0.25) is 0 Å². The number of rotatable bonds is 6. The second-order valence-electron chi connectivity index (χ2n) is 6.01. The first-order valence-corrected chi connectivity index (χ1v) is 8.68. The van der Waals surface area contributed by atoms with Crippen LogP contribution in [0.5, 0.6) is 0 Å². The summed E-state index contributed by atoms with van der Waals surface area (Å²) in [5, 5.41) is 3.33. The van der Waals surface area contributed by atoms with Crippen molar-refractivity contribution in [2.75, 3.05) is 38.2 Å². The highest BCUT2D eigenvalue weighted by atomic mass is 16.5. The largest absolute Gasteiger partial charge is 0.462 e. The Morgan fingerprint density at radius 3 is 2.60 bits per heavy atom. The fourth-order valence-electron chi connectivity index (χ4n) is 2.82. The zero-order valence-electron chi connectivity index (χ0n) is 14.5. The van der Waals surface area contributed by atoms with E-state index >= 15 is 0 Å². The van der Waals surface area contributed by atoms with Crippen molar-refractivity contribution in [3.05, 3.63) is 59.7 Å². The highest BCUT2D eigenvalue weighted by molar-refractivity contribution is 5.90. The summed E-state index contributed by atoms with van der Waals surface area (Å²) >= 11 is 0. The van der Waals surface area contributed by atoms with Gasteiger partial charge in [-0.3, -0.25) is 4.90 Å². The summed E-state index contributed by atoms with van der Waals surface area (Å²) in [6.45, 7) is 6.73. The summed E-state index contributed by atoms with van der Waals surface area (Å²) in [5.41, 5.74) is 3.70. The van der Waals surface area contributed by atoms with Gasteiger partial charge >= 0.3 is 5.97 Å². The Kier molecular flexibility index (Phi) is 6.04. The lowest BCUT2D eigenvalue weighted by Crippen LogP contribution is -2.35. The van der Waals surface area contributed by atoms with E-state index in [-0.39, 0.29) is 5.97 Å². The van der Waals surface area contributed by atoms with Gasteiger partial charge in [0.1, 0.15) is 0 Å². The zero-order chi connectivity index (χ0) is 17.5. The molecule has 2 aromatic rings. The van der Waals surface area contributed by atoms with Crippen LogP contribution in [0.1, 0.15) is 22.8 Å². The number of morpholine rings is 1. The Hall–Kier alpha value is -2.37. The van der Waals surface area contributed by atoms with Crippen LogP contribution in [0.15, 0.2) is 48.5 Å². The minimum absolute atomic E-state index is 0.299. The Morgan fingerprint density at radius 1 is 1.12 bits per heavy atom. The molecule has 5 nitrogen and oxygen atoms in total. The van der Waals surface area contributed by atoms with Gasteiger partial charge in [0, 0.05) is 31.0 Å². The molecule has 0 radical (unpaired) electrons. The number of benzene rings is 2. The topological polar surface area (TPSA) is 50.8 Å². The monoisotopic (exact) mass is 340 g/mol. The molecule has 132 valence electrons. The third-order valence-corrected chi connectivity index (χ3v) is 4.13. The van der Waals surface area contributed by atoms with Gasteiger partial charge in [-0.15, -0.1) is 0 Å². The molecule has 1 fully saturated rings. The summed E-state index contributed by atoms with van der Waals surface area (Å²) in [6.07, 6.45) is 0. The molecule has 0 spiro atoms. The van der Waals surface area contributed by atoms with Crippen molar-refractivity contribution in [2.24, 2.45) is 0 Å².